The third kappa shape index (κ3) is 39.8. The molecule has 0 bridgehead atoms. The minimum Gasteiger partial charge on any atom is -0.462 e. The van der Waals surface area contributed by atoms with E-state index in [0.717, 1.165) is 38.5 Å². The smallest absolute Gasteiger partial charge is 0.306 e. The maximum Gasteiger partial charge on any atom is 0.306 e. The topological polar surface area (TPSA) is 235 Å². The van der Waals surface area contributed by atoms with Crippen LogP contribution in [-0.4, -0.2) is 120 Å². The summed E-state index contributed by atoms with van der Waals surface area (Å²) in [7, 11) is 0. The van der Waals surface area contributed by atoms with Gasteiger partial charge in [0.15, 0.2) is 0 Å². The van der Waals surface area contributed by atoms with Crippen molar-refractivity contribution in [2.75, 3.05) is 37.9 Å². The first-order valence-electron chi connectivity index (χ1n) is 33.3. The molecular formula is C66H127N5O10S. The first kappa shape index (κ1) is 79.2. The molecule has 3 amide bonds. The average molecular weight is 1180 g/mol. The number of unbranched alkanes of at least 4 members (excludes halogenated alkanes) is 25. The number of ketones is 1. The lowest BCUT2D eigenvalue weighted by molar-refractivity contribution is -0.157. The summed E-state index contributed by atoms with van der Waals surface area (Å²) in [6, 6.07) is -4.14. The predicted octanol–water partition coefficient (Wildman–Crippen LogP) is 12.5. The molecule has 0 radical (unpaired) electrons. The molecule has 0 aromatic rings. The Hall–Kier alpha value is -2.79. The van der Waals surface area contributed by atoms with Gasteiger partial charge in [0.2, 0.25) is 17.7 Å². The van der Waals surface area contributed by atoms with Crippen LogP contribution in [0.3, 0.4) is 0 Å². The zero-order chi connectivity index (χ0) is 61.5. The van der Waals surface area contributed by atoms with Gasteiger partial charge in [-0.25, -0.2) is 0 Å². The van der Waals surface area contributed by atoms with Gasteiger partial charge in [-0.1, -0.05) is 223 Å². The van der Waals surface area contributed by atoms with Crippen molar-refractivity contribution in [1.29, 1.82) is 0 Å². The Labute approximate surface area is 505 Å². The van der Waals surface area contributed by atoms with Gasteiger partial charge in [0.05, 0.1) is 25.3 Å². The maximum atomic E-state index is 13.3. The zero-order valence-electron chi connectivity index (χ0n) is 54.2. The molecule has 0 aliphatic rings. The third-order valence-electron chi connectivity index (χ3n) is 16.3. The van der Waals surface area contributed by atoms with E-state index in [0.29, 0.717) is 61.2 Å². The van der Waals surface area contributed by atoms with Crippen molar-refractivity contribution in [2.45, 2.75) is 312 Å². The van der Waals surface area contributed by atoms with Gasteiger partial charge < -0.3 is 46.7 Å². The van der Waals surface area contributed by atoms with Crippen molar-refractivity contribution in [2.24, 2.45) is 41.2 Å². The lowest BCUT2D eigenvalue weighted by Crippen LogP contribution is -2.58. The van der Waals surface area contributed by atoms with Crippen molar-refractivity contribution in [3.63, 3.8) is 0 Å². The summed E-state index contributed by atoms with van der Waals surface area (Å²) in [6.07, 6.45) is 32.8. The number of aliphatic hydroxyl groups is 2. The SMILES string of the molecule is CCCCCCCCCCCCCCCC(=O)OCC(CSCC(N)C(=O)N[C@@H](CO)C(=O)NC(CO)C(=O)NCCCCC(NC(C(C(C)C)C(C)C)C(C(C)C)C(C)C)C(C)=O)OC(=O)CCCCCCCCCCCCCCC. The molecule has 16 heteroatoms. The highest BCUT2D eigenvalue weighted by Gasteiger charge is 2.38. The van der Waals surface area contributed by atoms with Crippen LogP contribution in [0.5, 0.6) is 0 Å². The number of esters is 2. The van der Waals surface area contributed by atoms with E-state index in [-0.39, 0.29) is 67.3 Å². The fraction of sp³-hybridized carbons (Fsp3) is 0.909. The van der Waals surface area contributed by atoms with E-state index in [1.807, 2.05) is 0 Å². The number of nitrogens with one attached hydrogen (secondary N) is 4. The summed E-state index contributed by atoms with van der Waals surface area (Å²) in [4.78, 5) is 78.5. The van der Waals surface area contributed by atoms with E-state index in [2.05, 4.69) is 90.5 Å². The summed E-state index contributed by atoms with van der Waals surface area (Å²) >= 11 is 1.24. The van der Waals surface area contributed by atoms with Gasteiger partial charge in [0.1, 0.15) is 30.6 Å². The number of carbonyl (C=O) groups excluding carboxylic acids is 6. The summed E-state index contributed by atoms with van der Waals surface area (Å²) in [5, 5.41) is 31.7. The van der Waals surface area contributed by atoms with Gasteiger partial charge in [-0.05, 0) is 74.5 Å². The van der Waals surface area contributed by atoms with Crippen LogP contribution in [0.2, 0.25) is 0 Å². The van der Waals surface area contributed by atoms with E-state index >= 15 is 0 Å². The van der Waals surface area contributed by atoms with Crippen molar-refractivity contribution < 1.29 is 48.5 Å². The van der Waals surface area contributed by atoms with Crippen LogP contribution in [0, 0.1) is 35.5 Å². The summed E-state index contributed by atoms with van der Waals surface area (Å²) < 4.78 is 11.4. The Morgan fingerprint density at radius 1 is 0.476 bits per heavy atom. The van der Waals surface area contributed by atoms with Gasteiger partial charge in [-0.2, -0.15) is 11.8 Å². The number of ether oxygens (including phenoxy) is 2. The molecule has 0 aromatic heterocycles. The number of hydrogen-bond acceptors (Lipinski definition) is 13. The second kappa shape index (κ2) is 51.4. The average Bonchev–Trinajstić information content (AvgIpc) is 3.51. The lowest BCUT2D eigenvalue weighted by atomic mass is 9.68. The number of thioether (sulfide) groups is 1. The van der Waals surface area contributed by atoms with E-state index in [9.17, 15) is 39.0 Å². The quantitative estimate of drug-likeness (QED) is 0.0222. The molecular weight excluding hydrogens is 1050 g/mol. The van der Waals surface area contributed by atoms with E-state index in [1.165, 1.54) is 134 Å². The van der Waals surface area contributed by atoms with E-state index in [1.54, 1.807) is 6.92 Å². The highest BCUT2D eigenvalue weighted by molar-refractivity contribution is 7.99. The van der Waals surface area contributed by atoms with Crippen LogP contribution in [0.4, 0.5) is 0 Å². The number of hydrogen-bond donors (Lipinski definition) is 7. The fourth-order valence-corrected chi connectivity index (χ4v) is 12.6. The molecule has 0 rings (SSSR count). The molecule has 8 N–H and O–H groups in total. The fourth-order valence-electron chi connectivity index (χ4n) is 11.7. The molecule has 15 nitrogen and oxygen atoms in total. The van der Waals surface area contributed by atoms with Crippen molar-refractivity contribution >= 4 is 47.2 Å². The first-order valence-corrected chi connectivity index (χ1v) is 34.5. The molecule has 0 saturated carbocycles. The molecule has 0 fully saturated rings. The second-order valence-electron chi connectivity index (χ2n) is 25.2. The number of rotatable bonds is 56. The van der Waals surface area contributed by atoms with Crippen LogP contribution in [0.1, 0.15) is 275 Å². The minimum atomic E-state index is -1.46. The molecule has 482 valence electrons. The lowest BCUT2D eigenvalue weighted by Gasteiger charge is -2.44. The Morgan fingerprint density at radius 2 is 0.866 bits per heavy atom. The van der Waals surface area contributed by atoms with Crippen LogP contribution in [-0.2, 0) is 38.2 Å². The van der Waals surface area contributed by atoms with Gasteiger partial charge >= 0.3 is 11.9 Å². The Kier molecular flexibility index (Phi) is 49.7. The van der Waals surface area contributed by atoms with Crippen LogP contribution >= 0.6 is 11.8 Å². The predicted molar refractivity (Wildman–Crippen MR) is 339 cm³/mol. The summed E-state index contributed by atoms with van der Waals surface area (Å²) in [6.45, 7) is 22.8. The van der Waals surface area contributed by atoms with Crippen LogP contribution in [0.15, 0.2) is 0 Å². The molecule has 0 heterocycles. The summed E-state index contributed by atoms with van der Waals surface area (Å²) in [5.41, 5.74) is 6.25. The first-order chi connectivity index (χ1) is 39.2. The zero-order valence-corrected chi connectivity index (χ0v) is 55.1. The number of amides is 3. The van der Waals surface area contributed by atoms with Gasteiger partial charge in [-0.3, -0.25) is 28.8 Å². The number of nitrogens with two attached hydrogens (primary N) is 1. The minimum absolute atomic E-state index is 0.0592. The van der Waals surface area contributed by atoms with Gasteiger partial charge in [0, 0.05) is 36.9 Å². The number of Topliss-reactive ketones (excluding diaryl/α,β-unsaturated/α-hetero) is 1. The van der Waals surface area contributed by atoms with E-state index in [4.69, 9.17) is 15.2 Å². The maximum absolute atomic E-state index is 13.3. The monoisotopic (exact) mass is 1180 g/mol. The third-order valence-corrected chi connectivity index (χ3v) is 17.5. The molecule has 4 unspecified atom stereocenters. The molecule has 82 heavy (non-hydrogen) atoms. The highest BCUT2D eigenvalue weighted by Crippen LogP contribution is 2.36. The highest BCUT2D eigenvalue weighted by atomic mass is 32.2. The second-order valence-corrected chi connectivity index (χ2v) is 26.3. The van der Waals surface area contributed by atoms with Crippen LogP contribution in [0.25, 0.3) is 0 Å². The van der Waals surface area contributed by atoms with Gasteiger partial charge in [-0.15, -0.1) is 0 Å². The number of aliphatic hydroxyl groups excluding tert-OH is 2. The molecule has 5 atom stereocenters. The Bertz CT molecular complexity index is 1600. The summed E-state index contributed by atoms with van der Waals surface area (Å²) in [5.74, 6) is -0.176. The molecule has 0 saturated heterocycles. The standard InChI is InChI=1S/C66H127N5O10S/c1-12-14-16-18-20-22-24-26-28-30-32-34-36-41-59(75)80-46-54(81-60(76)42-37-35-33-31-29-27-25-23-21-19-17-15-13-2)47-82-48-55(67)64(77)70-58(45-73)66(79)71-57(44-72)65(78)68-43-39-38-40-56(53(11)74)69-63(61(49(3)4)50(5)6)62(51(7)8)52(9)10/h49-52,54-58,61-63,69,72-73H,12-48,67H2,1-11H3,(H,68,78)(H,70,77)(H,71,79)/t54?,55?,56?,57?,58-/m0/s1. The molecule has 0 aliphatic heterocycles. The normalized spacial score (nSPS) is 13.8. The van der Waals surface area contributed by atoms with Crippen molar-refractivity contribution in [1.82, 2.24) is 21.3 Å². The molecule has 0 spiro atoms. The molecule has 0 aromatic carbocycles. The van der Waals surface area contributed by atoms with E-state index < -0.39 is 55.2 Å². The van der Waals surface area contributed by atoms with Crippen molar-refractivity contribution in [3.05, 3.63) is 0 Å². The van der Waals surface area contributed by atoms with Crippen LogP contribution < -0.4 is 27.0 Å². The molecule has 0 aliphatic carbocycles. The Balaban J connectivity index is 5.26. The largest absolute Gasteiger partial charge is 0.462 e. The van der Waals surface area contributed by atoms with Crippen molar-refractivity contribution in [3.8, 4) is 0 Å². The van der Waals surface area contributed by atoms with Gasteiger partial charge in [0.25, 0.3) is 0 Å². The Morgan fingerprint density at radius 3 is 1.27 bits per heavy atom. The number of carbonyl (C=O) groups is 6.